The Morgan fingerprint density at radius 1 is 1.50 bits per heavy atom. The number of alkyl halides is 3. The van der Waals surface area contributed by atoms with E-state index in [1.165, 1.54) is 17.8 Å². The summed E-state index contributed by atoms with van der Waals surface area (Å²) in [6.45, 7) is -1.40. The highest BCUT2D eigenvalue weighted by molar-refractivity contribution is 7.98. The molecule has 0 radical (unpaired) electrons. The van der Waals surface area contributed by atoms with Crippen LogP contribution < -0.4 is 16.0 Å². The van der Waals surface area contributed by atoms with Crippen LogP contribution in [-0.4, -0.2) is 29.0 Å². The molecule has 0 fully saturated rings. The fourth-order valence-electron chi connectivity index (χ4n) is 0.799. The molecule has 5 nitrogen and oxygen atoms in total. The van der Waals surface area contributed by atoms with E-state index >= 15 is 0 Å². The molecule has 0 spiro atoms. The summed E-state index contributed by atoms with van der Waals surface area (Å²) in [5.41, 5.74) is 2.21. The number of nitrogens with zero attached hydrogens (tertiary/aromatic N) is 2. The van der Waals surface area contributed by atoms with E-state index in [-0.39, 0.29) is 16.9 Å². The molecule has 90 valence electrons. The van der Waals surface area contributed by atoms with Crippen molar-refractivity contribution in [2.75, 3.05) is 18.3 Å². The number of halogens is 3. The largest absolute Gasteiger partial charge is 0.468 e. The van der Waals surface area contributed by atoms with E-state index in [0.717, 1.165) is 0 Å². The van der Waals surface area contributed by atoms with Gasteiger partial charge < -0.3 is 10.2 Å². The molecule has 0 aromatic carbocycles. The molecule has 0 aliphatic rings. The SMILES string of the molecule is CSc1nc(NN)cc(OCC(F)(F)F)n1. The molecule has 0 aliphatic carbocycles. The molecule has 3 N–H and O–H groups in total. The van der Waals surface area contributed by atoms with Crippen LogP contribution in [0.1, 0.15) is 0 Å². The number of hydrazine groups is 1. The maximum absolute atomic E-state index is 11.9. The lowest BCUT2D eigenvalue weighted by molar-refractivity contribution is -0.154. The lowest BCUT2D eigenvalue weighted by Gasteiger charge is -2.09. The van der Waals surface area contributed by atoms with E-state index in [1.54, 1.807) is 6.26 Å². The van der Waals surface area contributed by atoms with Gasteiger partial charge in [-0.1, -0.05) is 11.8 Å². The smallest absolute Gasteiger partial charge is 0.422 e. The van der Waals surface area contributed by atoms with Crippen LogP contribution in [0.25, 0.3) is 0 Å². The van der Waals surface area contributed by atoms with Gasteiger partial charge >= 0.3 is 6.18 Å². The van der Waals surface area contributed by atoms with E-state index in [9.17, 15) is 13.2 Å². The zero-order valence-corrected chi connectivity index (χ0v) is 9.02. The molecule has 1 aromatic heterocycles. The number of hydrogen-bond donors (Lipinski definition) is 2. The second-order valence-electron chi connectivity index (χ2n) is 2.63. The Hall–Kier alpha value is -1.22. The molecular weight excluding hydrogens is 245 g/mol. The van der Waals surface area contributed by atoms with Crippen molar-refractivity contribution in [1.29, 1.82) is 0 Å². The first kappa shape index (κ1) is 12.8. The van der Waals surface area contributed by atoms with Gasteiger partial charge in [0, 0.05) is 6.07 Å². The minimum atomic E-state index is -4.40. The maximum Gasteiger partial charge on any atom is 0.422 e. The van der Waals surface area contributed by atoms with Gasteiger partial charge in [-0.15, -0.1) is 0 Å². The van der Waals surface area contributed by atoms with E-state index in [2.05, 4.69) is 20.1 Å². The van der Waals surface area contributed by atoms with E-state index < -0.39 is 12.8 Å². The third-order valence-corrected chi connectivity index (χ3v) is 1.94. The molecule has 0 amide bonds. The lowest BCUT2D eigenvalue weighted by atomic mass is 10.5. The molecule has 1 rings (SSSR count). The van der Waals surface area contributed by atoms with Crippen LogP contribution in [0.3, 0.4) is 0 Å². The summed E-state index contributed by atoms with van der Waals surface area (Å²) in [5.74, 6) is 5.11. The first-order valence-corrected chi connectivity index (χ1v) is 5.26. The molecule has 1 aromatic rings. The first-order valence-electron chi connectivity index (χ1n) is 4.04. The summed E-state index contributed by atoms with van der Waals surface area (Å²) >= 11 is 1.17. The zero-order chi connectivity index (χ0) is 12.2. The van der Waals surface area contributed by atoms with Gasteiger partial charge in [0.2, 0.25) is 5.88 Å². The molecule has 0 saturated heterocycles. The standard InChI is InChI=1S/C7H9F3N4OS/c1-16-6-12-4(14-11)2-5(13-6)15-3-7(8,9)10/h2H,3,11H2,1H3,(H,12,13,14). The van der Waals surface area contributed by atoms with Gasteiger partial charge in [-0.3, -0.25) is 0 Å². The molecular formula is C7H9F3N4OS. The molecule has 0 unspecified atom stereocenters. The van der Waals surface area contributed by atoms with Crippen molar-refractivity contribution in [3.05, 3.63) is 6.07 Å². The molecule has 9 heteroatoms. The van der Waals surface area contributed by atoms with E-state index in [1.807, 2.05) is 0 Å². The molecule has 0 atom stereocenters. The Kier molecular flexibility index (Phi) is 4.19. The Labute approximate surface area is 93.6 Å². The molecule has 0 bridgehead atoms. The Morgan fingerprint density at radius 2 is 2.19 bits per heavy atom. The predicted octanol–water partition coefficient (Wildman–Crippen LogP) is 1.43. The summed E-state index contributed by atoms with van der Waals surface area (Å²) in [6, 6.07) is 1.19. The van der Waals surface area contributed by atoms with Crippen molar-refractivity contribution in [3.63, 3.8) is 0 Å². The normalized spacial score (nSPS) is 11.3. The van der Waals surface area contributed by atoms with Crippen LogP contribution in [0.4, 0.5) is 19.0 Å². The minimum absolute atomic E-state index is 0.176. The number of nitrogen functional groups attached to an aromatic ring is 1. The maximum atomic E-state index is 11.9. The van der Waals surface area contributed by atoms with E-state index in [4.69, 9.17) is 5.84 Å². The average Bonchev–Trinajstić information content (AvgIpc) is 2.25. The van der Waals surface area contributed by atoms with Gasteiger partial charge in [0.25, 0.3) is 0 Å². The van der Waals surface area contributed by atoms with Gasteiger partial charge in [-0.2, -0.15) is 18.2 Å². The number of thioether (sulfide) groups is 1. The van der Waals surface area contributed by atoms with Gasteiger partial charge in [-0.25, -0.2) is 10.8 Å². The van der Waals surface area contributed by atoms with Crippen molar-refractivity contribution >= 4 is 17.6 Å². The minimum Gasteiger partial charge on any atom is -0.468 e. The number of ether oxygens (including phenoxy) is 1. The Bertz CT molecular complexity index is 338. The number of aromatic nitrogens is 2. The van der Waals surface area contributed by atoms with Crippen molar-refractivity contribution in [1.82, 2.24) is 9.97 Å². The van der Waals surface area contributed by atoms with Crippen molar-refractivity contribution in [2.45, 2.75) is 11.3 Å². The molecule has 0 aliphatic heterocycles. The topological polar surface area (TPSA) is 73.1 Å². The van der Waals surface area contributed by atoms with Crippen LogP contribution in [0.15, 0.2) is 11.2 Å². The molecule has 16 heavy (non-hydrogen) atoms. The zero-order valence-electron chi connectivity index (χ0n) is 8.21. The second kappa shape index (κ2) is 5.21. The van der Waals surface area contributed by atoms with Crippen LogP contribution in [-0.2, 0) is 0 Å². The quantitative estimate of drug-likeness (QED) is 0.366. The Balaban J connectivity index is 2.79. The number of anilines is 1. The summed E-state index contributed by atoms with van der Waals surface area (Å²) in [7, 11) is 0. The molecule has 1 heterocycles. The van der Waals surface area contributed by atoms with Crippen LogP contribution in [0.2, 0.25) is 0 Å². The van der Waals surface area contributed by atoms with Gasteiger partial charge in [-0.05, 0) is 6.26 Å². The van der Waals surface area contributed by atoms with Gasteiger partial charge in [0.15, 0.2) is 11.8 Å². The van der Waals surface area contributed by atoms with Crippen LogP contribution in [0.5, 0.6) is 5.88 Å². The first-order chi connectivity index (χ1) is 7.44. The number of hydrogen-bond acceptors (Lipinski definition) is 6. The number of rotatable bonds is 4. The highest BCUT2D eigenvalue weighted by Crippen LogP contribution is 2.21. The third kappa shape index (κ3) is 4.11. The summed E-state index contributed by atoms with van der Waals surface area (Å²) in [6.07, 6.45) is -2.72. The summed E-state index contributed by atoms with van der Waals surface area (Å²) < 4.78 is 40.1. The second-order valence-corrected chi connectivity index (χ2v) is 3.40. The predicted molar refractivity (Wildman–Crippen MR) is 53.2 cm³/mol. The fourth-order valence-corrected chi connectivity index (χ4v) is 1.17. The van der Waals surface area contributed by atoms with E-state index in [0.29, 0.717) is 0 Å². The third-order valence-electron chi connectivity index (χ3n) is 1.40. The van der Waals surface area contributed by atoms with Crippen molar-refractivity contribution < 1.29 is 17.9 Å². The highest BCUT2D eigenvalue weighted by atomic mass is 32.2. The number of nitrogens with one attached hydrogen (secondary N) is 1. The monoisotopic (exact) mass is 254 g/mol. The lowest BCUT2D eigenvalue weighted by Crippen LogP contribution is -2.20. The number of nitrogens with two attached hydrogens (primary N) is 1. The van der Waals surface area contributed by atoms with Gasteiger partial charge in [0.1, 0.15) is 5.82 Å². The molecule has 0 saturated carbocycles. The average molecular weight is 254 g/mol. The van der Waals surface area contributed by atoms with Crippen molar-refractivity contribution in [2.24, 2.45) is 5.84 Å². The summed E-state index contributed by atoms with van der Waals surface area (Å²) in [4.78, 5) is 7.61. The van der Waals surface area contributed by atoms with Crippen LogP contribution >= 0.6 is 11.8 Å². The van der Waals surface area contributed by atoms with Crippen LogP contribution in [0, 0.1) is 0 Å². The fraction of sp³-hybridized carbons (Fsp3) is 0.429. The highest BCUT2D eigenvalue weighted by Gasteiger charge is 2.28. The van der Waals surface area contributed by atoms with Crippen molar-refractivity contribution in [3.8, 4) is 5.88 Å². The van der Waals surface area contributed by atoms with Gasteiger partial charge in [0.05, 0.1) is 0 Å². The summed E-state index contributed by atoms with van der Waals surface area (Å²) in [5, 5.41) is 0.271. The Morgan fingerprint density at radius 3 is 2.69 bits per heavy atom.